The van der Waals surface area contributed by atoms with Gasteiger partial charge in [-0.25, -0.2) is 0 Å². The summed E-state index contributed by atoms with van der Waals surface area (Å²) in [6, 6.07) is 4.19. The van der Waals surface area contributed by atoms with Crippen LogP contribution < -0.4 is 10.1 Å². The smallest absolute Gasteiger partial charge is 0.147 e. The van der Waals surface area contributed by atoms with E-state index in [-0.39, 0.29) is 0 Å². The second-order valence-electron chi connectivity index (χ2n) is 3.86. The van der Waals surface area contributed by atoms with Gasteiger partial charge < -0.3 is 10.1 Å². The van der Waals surface area contributed by atoms with Crippen molar-refractivity contribution >= 4 is 31.9 Å². The van der Waals surface area contributed by atoms with Crippen LogP contribution in [0.5, 0.6) is 5.75 Å². The van der Waals surface area contributed by atoms with E-state index in [1.54, 1.807) is 0 Å². The summed E-state index contributed by atoms with van der Waals surface area (Å²) in [6.07, 6.45) is 5.30. The van der Waals surface area contributed by atoms with E-state index >= 15 is 0 Å². The molecule has 0 saturated heterocycles. The lowest BCUT2D eigenvalue weighted by Gasteiger charge is -2.11. The Kier molecular flexibility index (Phi) is 7.63. The van der Waals surface area contributed by atoms with Crippen molar-refractivity contribution < 1.29 is 4.74 Å². The first-order valence-corrected chi connectivity index (χ1v) is 7.70. The molecule has 0 bridgehead atoms. The van der Waals surface area contributed by atoms with Gasteiger partial charge in [-0.15, -0.1) is 0 Å². The maximum atomic E-state index is 5.56. The summed E-state index contributed by atoms with van der Waals surface area (Å²) >= 11 is 7.08. The van der Waals surface area contributed by atoms with Gasteiger partial charge >= 0.3 is 0 Å². The van der Waals surface area contributed by atoms with Gasteiger partial charge in [0.1, 0.15) is 5.75 Å². The van der Waals surface area contributed by atoms with Crippen molar-refractivity contribution in [3.05, 3.63) is 38.8 Å². The van der Waals surface area contributed by atoms with E-state index in [9.17, 15) is 0 Å². The van der Waals surface area contributed by atoms with Crippen molar-refractivity contribution in [1.29, 1.82) is 0 Å². The SMILES string of the molecule is C/C=C/CCNCc1cc(Br)c(OCC)c(Br)c1. The first-order chi connectivity index (χ1) is 8.69. The van der Waals surface area contributed by atoms with Crippen LogP contribution in [0.2, 0.25) is 0 Å². The van der Waals surface area contributed by atoms with Crippen molar-refractivity contribution in [2.75, 3.05) is 13.2 Å². The molecule has 1 aromatic carbocycles. The summed E-state index contributed by atoms with van der Waals surface area (Å²) in [5, 5.41) is 3.41. The normalized spacial score (nSPS) is 11.1. The molecule has 0 heterocycles. The van der Waals surface area contributed by atoms with Gasteiger partial charge in [0, 0.05) is 6.54 Å². The topological polar surface area (TPSA) is 21.3 Å². The summed E-state index contributed by atoms with van der Waals surface area (Å²) in [4.78, 5) is 0. The molecule has 1 rings (SSSR count). The lowest BCUT2D eigenvalue weighted by molar-refractivity contribution is 0.336. The molecule has 2 nitrogen and oxygen atoms in total. The molecule has 0 saturated carbocycles. The zero-order valence-corrected chi connectivity index (χ0v) is 14.0. The Balaban J connectivity index is 2.57. The predicted molar refractivity (Wildman–Crippen MR) is 84.1 cm³/mol. The zero-order chi connectivity index (χ0) is 13.4. The lowest BCUT2D eigenvalue weighted by atomic mass is 10.2. The fourth-order valence-electron chi connectivity index (χ4n) is 1.58. The first-order valence-electron chi connectivity index (χ1n) is 6.11. The van der Waals surface area contributed by atoms with E-state index in [2.05, 4.69) is 61.5 Å². The van der Waals surface area contributed by atoms with Crippen LogP contribution in [-0.4, -0.2) is 13.2 Å². The van der Waals surface area contributed by atoms with Crippen LogP contribution in [0.4, 0.5) is 0 Å². The molecule has 0 aliphatic rings. The summed E-state index contributed by atoms with van der Waals surface area (Å²) in [7, 11) is 0. The third-order valence-corrected chi connectivity index (χ3v) is 3.58. The Morgan fingerprint density at radius 2 is 1.94 bits per heavy atom. The lowest BCUT2D eigenvalue weighted by Crippen LogP contribution is -2.14. The maximum Gasteiger partial charge on any atom is 0.147 e. The number of benzene rings is 1. The monoisotopic (exact) mass is 375 g/mol. The third-order valence-electron chi connectivity index (χ3n) is 2.40. The molecule has 1 N–H and O–H groups in total. The summed E-state index contributed by atoms with van der Waals surface area (Å²) in [6.45, 7) is 6.54. The van der Waals surface area contributed by atoms with E-state index in [1.165, 1.54) is 5.56 Å². The number of nitrogens with one attached hydrogen (secondary N) is 1. The van der Waals surface area contributed by atoms with Crippen LogP contribution in [-0.2, 0) is 6.54 Å². The number of hydrogen-bond acceptors (Lipinski definition) is 2. The zero-order valence-electron chi connectivity index (χ0n) is 10.8. The Morgan fingerprint density at radius 1 is 1.28 bits per heavy atom. The van der Waals surface area contributed by atoms with Crippen LogP contribution in [0.15, 0.2) is 33.2 Å². The quantitative estimate of drug-likeness (QED) is 0.551. The molecule has 0 aliphatic carbocycles. The van der Waals surface area contributed by atoms with Crippen molar-refractivity contribution in [2.24, 2.45) is 0 Å². The third kappa shape index (κ3) is 5.12. The number of ether oxygens (including phenoxy) is 1. The van der Waals surface area contributed by atoms with Gasteiger partial charge in [0.05, 0.1) is 15.6 Å². The highest BCUT2D eigenvalue weighted by atomic mass is 79.9. The average molecular weight is 377 g/mol. The number of allylic oxidation sites excluding steroid dienone is 1. The average Bonchev–Trinajstić information content (AvgIpc) is 2.33. The van der Waals surface area contributed by atoms with Crippen molar-refractivity contribution in [1.82, 2.24) is 5.32 Å². The van der Waals surface area contributed by atoms with Gasteiger partial charge in [0.2, 0.25) is 0 Å². The molecule has 0 fully saturated rings. The molecule has 18 heavy (non-hydrogen) atoms. The molecule has 0 radical (unpaired) electrons. The van der Waals surface area contributed by atoms with Crippen molar-refractivity contribution in [3.63, 3.8) is 0 Å². The molecule has 100 valence electrons. The van der Waals surface area contributed by atoms with Gasteiger partial charge in [-0.05, 0) is 76.4 Å². The number of hydrogen-bond donors (Lipinski definition) is 1. The second-order valence-corrected chi connectivity index (χ2v) is 5.56. The van der Waals surface area contributed by atoms with Crippen LogP contribution in [0, 0.1) is 0 Å². The van der Waals surface area contributed by atoms with E-state index in [4.69, 9.17) is 4.74 Å². The van der Waals surface area contributed by atoms with Crippen LogP contribution in [0.3, 0.4) is 0 Å². The number of rotatable bonds is 7. The molecule has 0 aromatic heterocycles. The van der Waals surface area contributed by atoms with Crippen LogP contribution >= 0.6 is 31.9 Å². The molecule has 0 amide bonds. The summed E-state index contributed by atoms with van der Waals surface area (Å²) in [5.74, 6) is 0.871. The van der Waals surface area contributed by atoms with Gasteiger partial charge in [0.15, 0.2) is 0 Å². The molecule has 4 heteroatoms. The minimum absolute atomic E-state index is 0.665. The molecular formula is C14H19Br2NO. The van der Waals surface area contributed by atoms with Gasteiger partial charge in [0.25, 0.3) is 0 Å². The van der Waals surface area contributed by atoms with E-state index in [0.717, 1.165) is 34.2 Å². The standard InChI is InChI=1S/C14H19Br2NO/c1-3-5-6-7-17-10-11-8-12(15)14(18-4-2)13(16)9-11/h3,5,8-9,17H,4,6-7,10H2,1-2H3/b5-3+. The van der Waals surface area contributed by atoms with Crippen LogP contribution in [0.25, 0.3) is 0 Å². The van der Waals surface area contributed by atoms with E-state index < -0.39 is 0 Å². The highest BCUT2D eigenvalue weighted by molar-refractivity contribution is 9.11. The maximum absolute atomic E-state index is 5.56. The molecule has 0 aliphatic heterocycles. The summed E-state index contributed by atoms with van der Waals surface area (Å²) < 4.78 is 7.54. The largest absolute Gasteiger partial charge is 0.492 e. The predicted octanol–water partition coefficient (Wildman–Crippen LogP) is 4.67. The Morgan fingerprint density at radius 3 is 2.50 bits per heavy atom. The Hall–Kier alpha value is -0.320. The summed E-state index contributed by atoms with van der Waals surface area (Å²) in [5.41, 5.74) is 1.23. The Labute approximate surface area is 126 Å². The van der Waals surface area contributed by atoms with Gasteiger partial charge in [-0.1, -0.05) is 12.2 Å². The number of halogens is 2. The highest BCUT2D eigenvalue weighted by Gasteiger charge is 2.08. The fourth-order valence-corrected chi connectivity index (χ4v) is 3.09. The van der Waals surface area contributed by atoms with Crippen LogP contribution in [0.1, 0.15) is 25.8 Å². The second kappa shape index (κ2) is 8.73. The highest BCUT2D eigenvalue weighted by Crippen LogP contribution is 2.34. The molecule has 1 aromatic rings. The molecular weight excluding hydrogens is 358 g/mol. The van der Waals surface area contributed by atoms with Gasteiger partial charge in [-0.3, -0.25) is 0 Å². The Bertz CT molecular complexity index is 382. The first kappa shape index (κ1) is 15.7. The fraction of sp³-hybridized carbons (Fsp3) is 0.429. The molecule has 0 spiro atoms. The molecule has 0 atom stereocenters. The minimum Gasteiger partial charge on any atom is -0.492 e. The van der Waals surface area contributed by atoms with Crippen molar-refractivity contribution in [3.8, 4) is 5.75 Å². The minimum atomic E-state index is 0.665. The van der Waals surface area contributed by atoms with E-state index in [1.807, 2.05) is 13.8 Å². The van der Waals surface area contributed by atoms with E-state index in [0.29, 0.717) is 6.61 Å². The van der Waals surface area contributed by atoms with Crippen molar-refractivity contribution in [2.45, 2.75) is 26.8 Å². The molecule has 0 unspecified atom stereocenters. The van der Waals surface area contributed by atoms with Gasteiger partial charge in [-0.2, -0.15) is 0 Å².